The van der Waals surface area contributed by atoms with Gasteiger partial charge in [-0.3, -0.25) is 0 Å². The summed E-state index contributed by atoms with van der Waals surface area (Å²) < 4.78 is 1.87. The van der Waals surface area contributed by atoms with Crippen LogP contribution in [0.3, 0.4) is 0 Å². The van der Waals surface area contributed by atoms with Crippen molar-refractivity contribution in [2.75, 3.05) is 0 Å². The molecule has 2 N–H and O–H groups in total. The van der Waals surface area contributed by atoms with E-state index in [4.69, 9.17) is 5.73 Å². The van der Waals surface area contributed by atoms with E-state index in [0.29, 0.717) is 6.54 Å². The van der Waals surface area contributed by atoms with Crippen LogP contribution in [0.2, 0.25) is 0 Å². The maximum absolute atomic E-state index is 5.84. The van der Waals surface area contributed by atoms with E-state index in [0.717, 1.165) is 22.6 Å². The first-order valence-electron chi connectivity index (χ1n) is 6.98. The van der Waals surface area contributed by atoms with Gasteiger partial charge in [-0.05, 0) is 31.5 Å². The number of hydrogen-bond acceptors (Lipinski definition) is 3. The molecule has 0 atom stereocenters. The largest absolute Gasteiger partial charge is 0.325 e. The maximum atomic E-state index is 5.84. The summed E-state index contributed by atoms with van der Waals surface area (Å²) in [7, 11) is 0. The third-order valence-corrected chi connectivity index (χ3v) is 3.61. The van der Waals surface area contributed by atoms with E-state index in [-0.39, 0.29) is 0 Å². The third-order valence-electron chi connectivity index (χ3n) is 3.61. The topological polar surface area (TPSA) is 56.7 Å². The molecule has 3 rings (SSSR count). The lowest BCUT2D eigenvalue weighted by molar-refractivity contribution is 0.799. The SMILES string of the molecule is Cc1ccc(-n2nnc(CN)c2-c2ccccc2C)cc1. The van der Waals surface area contributed by atoms with Crippen LogP contribution in [0.4, 0.5) is 0 Å². The second-order valence-corrected chi connectivity index (χ2v) is 5.15. The molecule has 0 saturated carbocycles. The van der Waals surface area contributed by atoms with Crippen molar-refractivity contribution in [3.8, 4) is 16.9 Å². The highest BCUT2D eigenvalue weighted by Crippen LogP contribution is 2.27. The van der Waals surface area contributed by atoms with Crippen LogP contribution < -0.4 is 5.73 Å². The Balaban J connectivity index is 2.22. The maximum Gasteiger partial charge on any atom is 0.105 e. The van der Waals surface area contributed by atoms with E-state index < -0.39 is 0 Å². The average molecular weight is 278 g/mol. The lowest BCUT2D eigenvalue weighted by Crippen LogP contribution is -2.03. The van der Waals surface area contributed by atoms with E-state index in [9.17, 15) is 0 Å². The number of aryl methyl sites for hydroxylation is 2. The first kappa shape index (κ1) is 13.5. The summed E-state index contributed by atoms with van der Waals surface area (Å²) in [5.41, 5.74) is 12.1. The lowest BCUT2D eigenvalue weighted by Gasteiger charge is -2.10. The van der Waals surface area contributed by atoms with Crippen molar-refractivity contribution in [2.24, 2.45) is 5.73 Å². The Bertz CT molecular complexity index is 757. The second-order valence-electron chi connectivity index (χ2n) is 5.15. The number of nitrogens with two attached hydrogens (primary N) is 1. The molecule has 0 amide bonds. The highest BCUT2D eigenvalue weighted by Gasteiger charge is 2.16. The molecule has 21 heavy (non-hydrogen) atoms. The molecule has 1 aromatic heterocycles. The fourth-order valence-electron chi connectivity index (χ4n) is 2.43. The van der Waals surface area contributed by atoms with E-state index >= 15 is 0 Å². The molecule has 4 heteroatoms. The van der Waals surface area contributed by atoms with E-state index in [1.54, 1.807) is 0 Å². The van der Waals surface area contributed by atoms with Gasteiger partial charge >= 0.3 is 0 Å². The van der Waals surface area contributed by atoms with Gasteiger partial charge in [0.1, 0.15) is 5.69 Å². The monoisotopic (exact) mass is 278 g/mol. The Morgan fingerprint density at radius 2 is 1.71 bits per heavy atom. The van der Waals surface area contributed by atoms with Crippen molar-refractivity contribution in [1.82, 2.24) is 15.0 Å². The van der Waals surface area contributed by atoms with Crippen molar-refractivity contribution >= 4 is 0 Å². The summed E-state index contributed by atoms with van der Waals surface area (Å²) in [6.07, 6.45) is 0. The minimum atomic E-state index is 0.371. The second kappa shape index (κ2) is 5.50. The van der Waals surface area contributed by atoms with Crippen LogP contribution in [0.15, 0.2) is 48.5 Å². The molecule has 0 aliphatic heterocycles. The van der Waals surface area contributed by atoms with Crippen LogP contribution in [-0.2, 0) is 6.54 Å². The first-order valence-corrected chi connectivity index (χ1v) is 6.98. The van der Waals surface area contributed by atoms with Crippen molar-refractivity contribution < 1.29 is 0 Å². The van der Waals surface area contributed by atoms with Crippen LogP contribution in [0, 0.1) is 13.8 Å². The van der Waals surface area contributed by atoms with Gasteiger partial charge in [0, 0.05) is 12.1 Å². The quantitative estimate of drug-likeness (QED) is 0.801. The summed E-state index contributed by atoms with van der Waals surface area (Å²) in [6, 6.07) is 16.5. The fourth-order valence-corrected chi connectivity index (χ4v) is 2.43. The Hall–Kier alpha value is -2.46. The Morgan fingerprint density at radius 3 is 2.38 bits per heavy atom. The smallest absolute Gasteiger partial charge is 0.105 e. The summed E-state index contributed by atoms with van der Waals surface area (Å²) in [5, 5.41) is 8.53. The zero-order valence-electron chi connectivity index (χ0n) is 12.2. The molecular formula is C17H18N4. The molecule has 0 saturated heterocycles. The zero-order chi connectivity index (χ0) is 14.8. The molecule has 3 aromatic rings. The van der Waals surface area contributed by atoms with E-state index in [2.05, 4.69) is 48.4 Å². The summed E-state index contributed by atoms with van der Waals surface area (Å²) in [4.78, 5) is 0. The Kier molecular flexibility index (Phi) is 3.54. The van der Waals surface area contributed by atoms with Crippen LogP contribution >= 0.6 is 0 Å². The molecular weight excluding hydrogens is 260 g/mol. The molecule has 1 heterocycles. The molecule has 0 spiro atoms. The van der Waals surface area contributed by atoms with Gasteiger partial charge in [-0.2, -0.15) is 0 Å². The molecule has 0 aliphatic carbocycles. The number of nitrogens with zero attached hydrogens (tertiary/aromatic N) is 3. The van der Waals surface area contributed by atoms with Crippen LogP contribution in [0.5, 0.6) is 0 Å². The minimum absolute atomic E-state index is 0.371. The van der Waals surface area contributed by atoms with Crippen LogP contribution in [0.1, 0.15) is 16.8 Å². The molecule has 106 valence electrons. The Labute approximate surface area is 124 Å². The molecule has 0 radical (unpaired) electrons. The zero-order valence-corrected chi connectivity index (χ0v) is 12.2. The highest BCUT2D eigenvalue weighted by atomic mass is 15.4. The molecule has 4 nitrogen and oxygen atoms in total. The normalized spacial score (nSPS) is 10.8. The fraction of sp³-hybridized carbons (Fsp3) is 0.176. The van der Waals surface area contributed by atoms with Crippen molar-refractivity contribution in [2.45, 2.75) is 20.4 Å². The van der Waals surface area contributed by atoms with Gasteiger partial charge in [-0.25, -0.2) is 4.68 Å². The van der Waals surface area contributed by atoms with Crippen LogP contribution in [-0.4, -0.2) is 15.0 Å². The minimum Gasteiger partial charge on any atom is -0.325 e. The van der Waals surface area contributed by atoms with E-state index in [1.165, 1.54) is 11.1 Å². The molecule has 0 bridgehead atoms. The van der Waals surface area contributed by atoms with Crippen molar-refractivity contribution in [3.63, 3.8) is 0 Å². The van der Waals surface area contributed by atoms with Gasteiger partial charge in [0.2, 0.25) is 0 Å². The predicted molar refractivity (Wildman–Crippen MR) is 84.2 cm³/mol. The summed E-state index contributed by atoms with van der Waals surface area (Å²) in [6.45, 7) is 4.52. The molecule has 0 unspecified atom stereocenters. The first-order chi connectivity index (χ1) is 10.2. The molecule has 0 aliphatic rings. The standard InChI is InChI=1S/C17H18N4/c1-12-7-9-14(10-8-12)21-17(16(11-18)19-20-21)15-6-4-3-5-13(15)2/h3-10H,11,18H2,1-2H3. The van der Waals surface area contributed by atoms with Gasteiger partial charge in [0.25, 0.3) is 0 Å². The third kappa shape index (κ3) is 2.45. The van der Waals surface area contributed by atoms with Crippen molar-refractivity contribution in [1.29, 1.82) is 0 Å². The highest BCUT2D eigenvalue weighted by molar-refractivity contribution is 5.67. The summed E-state index contributed by atoms with van der Waals surface area (Å²) >= 11 is 0. The van der Waals surface area contributed by atoms with Gasteiger partial charge < -0.3 is 5.73 Å². The van der Waals surface area contributed by atoms with Gasteiger partial charge in [-0.15, -0.1) is 5.10 Å². The van der Waals surface area contributed by atoms with Crippen LogP contribution in [0.25, 0.3) is 16.9 Å². The van der Waals surface area contributed by atoms with E-state index in [1.807, 2.05) is 28.9 Å². The van der Waals surface area contributed by atoms with Gasteiger partial charge in [0.15, 0.2) is 0 Å². The molecule has 2 aromatic carbocycles. The molecule has 0 fully saturated rings. The number of rotatable bonds is 3. The number of benzene rings is 2. The van der Waals surface area contributed by atoms with Crippen molar-refractivity contribution in [3.05, 3.63) is 65.4 Å². The van der Waals surface area contributed by atoms with Gasteiger partial charge in [-0.1, -0.05) is 47.2 Å². The lowest BCUT2D eigenvalue weighted by atomic mass is 10.0. The Morgan fingerprint density at radius 1 is 1.00 bits per heavy atom. The average Bonchev–Trinajstić information content (AvgIpc) is 2.92. The predicted octanol–water partition coefficient (Wildman–Crippen LogP) is 3.01. The van der Waals surface area contributed by atoms with Gasteiger partial charge in [0.05, 0.1) is 11.4 Å². The number of aromatic nitrogens is 3. The number of hydrogen-bond donors (Lipinski definition) is 1. The summed E-state index contributed by atoms with van der Waals surface area (Å²) in [5.74, 6) is 0.